The molecule has 5 heteroatoms. The molecule has 0 aromatic heterocycles. The van der Waals surface area contributed by atoms with Crippen LogP contribution in [-0.4, -0.2) is 43.8 Å². The highest BCUT2D eigenvalue weighted by molar-refractivity contribution is 4.81. The predicted octanol–water partition coefficient (Wildman–Crippen LogP) is 2.65. The first-order valence-electron chi connectivity index (χ1n) is 6.42. The Morgan fingerprint density at radius 3 is 2.59 bits per heavy atom. The van der Waals surface area contributed by atoms with E-state index in [1.165, 1.54) is 0 Å². The van der Waals surface area contributed by atoms with Crippen molar-refractivity contribution in [3.8, 4) is 0 Å². The van der Waals surface area contributed by atoms with E-state index in [9.17, 15) is 13.2 Å². The molecular weight excluding hydrogens is 229 g/mol. The van der Waals surface area contributed by atoms with Crippen molar-refractivity contribution in [1.82, 2.24) is 10.2 Å². The third-order valence-electron chi connectivity index (χ3n) is 3.60. The second-order valence-electron chi connectivity index (χ2n) is 4.95. The average molecular weight is 252 g/mol. The molecule has 0 spiro atoms. The summed E-state index contributed by atoms with van der Waals surface area (Å²) < 4.78 is 37.8. The molecule has 1 saturated carbocycles. The van der Waals surface area contributed by atoms with E-state index in [4.69, 9.17) is 0 Å². The lowest BCUT2D eigenvalue weighted by Gasteiger charge is -2.31. The van der Waals surface area contributed by atoms with E-state index < -0.39 is 12.1 Å². The summed E-state index contributed by atoms with van der Waals surface area (Å²) in [6.45, 7) is 4.71. The lowest BCUT2D eigenvalue weighted by molar-refractivity contribution is -0.183. The van der Waals surface area contributed by atoms with Gasteiger partial charge in [0, 0.05) is 19.1 Å². The second kappa shape index (κ2) is 6.59. The van der Waals surface area contributed by atoms with Gasteiger partial charge in [-0.3, -0.25) is 0 Å². The van der Waals surface area contributed by atoms with E-state index in [0.29, 0.717) is 12.8 Å². The molecule has 17 heavy (non-hydrogen) atoms. The molecule has 2 nitrogen and oxygen atoms in total. The second-order valence-corrected chi connectivity index (χ2v) is 4.95. The highest BCUT2D eigenvalue weighted by atomic mass is 19.4. The van der Waals surface area contributed by atoms with Gasteiger partial charge in [0.15, 0.2) is 0 Å². The number of hydrogen-bond acceptors (Lipinski definition) is 2. The number of hydrogen-bond donors (Lipinski definition) is 1. The zero-order valence-corrected chi connectivity index (χ0v) is 10.7. The summed E-state index contributed by atoms with van der Waals surface area (Å²) in [6, 6.07) is 0.0423. The van der Waals surface area contributed by atoms with E-state index in [1.807, 2.05) is 7.05 Å². The minimum Gasteiger partial charge on any atom is -0.313 e. The van der Waals surface area contributed by atoms with E-state index in [1.54, 1.807) is 0 Å². The Labute approximate surface area is 102 Å². The molecule has 0 amide bonds. The summed E-state index contributed by atoms with van der Waals surface area (Å²) in [5.74, 6) is -1.10. The molecule has 0 aliphatic heterocycles. The van der Waals surface area contributed by atoms with Crippen molar-refractivity contribution in [3.05, 3.63) is 0 Å². The van der Waals surface area contributed by atoms with Gasteiger partial charge in [0.05, 0.1) is 5.92 Å². The molecule has 102 valence electrons. The topological polar surface area (TPSA) is 15.3 Å². The molecule has 0 saturated heterocycles. The molecular formula is C12H23F3N2. The zero-order chi connectivity index (χ0) is 12.9. The summed E-state index contributed by atoms with van der Waals surface area (Å²) in [4.78, 5) is 2.15. The quantitative estimate of drug-likeness (QED) is 0.809. The van der Waals surface area contributed by atoms with Crippen LogP contribution in [0.4, 0.5) is 13.2 Å². The Morgan fingerprint density at radius 1 is 1.29 bits per heavy atom. The molecule has 2 unspecified atom stereocenters. The standard InChI is InChI=1S/C12H23F3N2/c1-3-17(2)8-7-16-11-6-4-5-10(9-11)12(13,14)15/h10-11,16H,3-9H2,1-2H3. The third-order valence-corrected chi connectivity index (χ3v) is 3.60. The molecule has 0 aromatic carbocycles. The molecule has 0 aromatic rings. The Bertz CT molecular complexity index is 218. The maximum atomic E-state index is 12.6. The average Bonchev–Trinajstić information content (AvgIpc) is 2.28. The Kier molecular flexibility index (Phi) is 5.73. The van der Waals surface area contributed by atoms with Gasteiger partial charge in [-0.15, -0.1) is 0 Å². The molecule has 0 heterocycles. The summed E-state index contributed by atoms with van der Waals surface area (Å²) >= 11 is 0. The third kappa shape index (κ3) is 5.25. The highest BCUT2D eigenvalue weighted by Gasteiger charge is 2.41. The van der Waals surface area contributed by atoms with Crippen LogP contribution in [0.15, 0.2) is 0 Å². The summed E-state index contributed by atoms with van der Waals surface area (Å²) in [7, 11) is 2.01. The Hall–Kier alpha value is -0.290. The first-order valence-corrected chi connectivity index (χ1v) is 6.42. The van der Waals surface area contributed by atoms with Gasteiger partial charge in [0.25, 0.3) is 0 Å². The largest absolute Gasteiger partial charge is 0.391 e. The molecule has 1 rings (SSSR count). The summed E-state index contributed by atoms with van der Waals surface area (Å²) in [5, 5.41) is 3.25. The number of alkyl halides is 3. The molecule has 1 fully saturated rings. The summed E-state index contributed by atoms with van der Waals surface area (Å²) in [5.41, 5.74) is 0. The highest BCUT2D eigenvalue weighted by Crippen LogP contribution is 2.37. The van der Waals surface area contributed by atoms with Crippen LogP contribution in [0.3, 0.4) is 0 Å². The lowest BCUT2D eigenvalue weighted by Crippen LogP contribution is -2.41. The monoisotopic (exact) mass is 252 g/mol. The molecule has 2 atom stereocenters. The number of halogens is 3. The smallest absolute Gasteiger partial charge is 0.313 e. The SMILES string of the molecule is CCN(C)CCNC1CCCC(C(F)(F)F)C1. The normalized spacial score (nSPS) is 26.5. The van der Waals surface area contributed by atoms with Crippen LogP contribution in [0.2, 0.25) is 0 Å². The lowest BCUT2D eigenvalue weighted by atomic mass is 9.85. The van der Waals surface area contributed by atoms with Crippen LogP contribution >= 0.6 is 0 Å². The van der Waals surface area contributed by atoms with Crippen LogP contribution in [0.1, 0.15) is 32.6 Å². The van der Waals surface area contributed by atoms with Crippen LogP contribution in [0.5, 0.6) is 0 Å². The minimum atomic E-state index is -4.01. The van der Waals surface area contributed by atoms with Crippen molar-refractivity contribution in [2.75, 3.05) is 26.7 Å². The maximum Gasteiger partial charge on any atom is 0.391 e. The van der Waals surface area contributed by atoms with Gasteiger partial charge in [-0.25, -0.2) is 0 Å². The van der Waals surface area contributed by atoms with E-state index in [-0.39, 0.29) is 12.5 Å². The van der Waals surface area contributed by atoms with Crippen molar-refractivity contribution < 1.29 is 13.2 Å². The first kappa shape index (κ1) is 14.8. The Morgan fingerprint density at radius 2 is 2.00 bits per heavy atom. The van der Waals surface area contributed by atoms with Crippen LogP contribution in [-0.2, 0) is 0 Å². The Balaban J connectivity index is 2.25. The first-order chi connectivity index (χ1) is 7.93. The van der Waals surface area contributed by atoms with Crippen LogP contribution < -0.4 is 5.32 Å². The van der Waals surface area contributed by atoms with E-state index in [0.717, 1.165) is 26.1 Å². The van der Waals surface area contributed by atoms with Crippen molar-refractivity contribution >= 4 is 0 Å². The molecule has 0 radical (unpaired) electrons. The van der Waals surface area contributed by atoms with Crippen molar-refractivity contribution in [1.29, 1.82) is 0 Å². The van der Waals surface area contributed by atoms with Gasteiger partial charge in [-0.1, -0.05) is 13.3 Å². The van der Waals surface area contributed by atoms with Gasteiger partial charge < -0.3 is 10.2 Å². The van der Waals surface area contributed by atoms with Crippen LogP contribution in [0.25, 0.3) is 0 Å². The number of rotatable bonds is 5. The molecule has 0 bridgehead atoms. The fourth-order valence-corrected chi connectivity index (χ4v) is 2.29. The van der Waals surface area contributed by atoms with Gasteiger partial charge in [-0.2, -0.15) is 13.2 Å². The predicted molar refractivity (Wildman–Crippen MR) is 63.0 cm³/mol. The van der Waals surface area contributed by atoms with Gasteiger partial charge in [0.1, 0.15) is 0 Å². The number of nitrogens with zero attached hydrogens (tertiary/aromatic N) is 1. The fourth-order valence-electron chi connectivity index (χ4n) is 2.29. The van der Waals surface area contributed by atoms with Crippen molar-refractivity contribution in [2.45, 2.75) is 44.8 Å². The number of likely N-dealkylation sites (N-methyl/N-ethyl adjacent to an activating group) is 1. The molecule has 1 aliphatic carbocycles. The van der Waals surface area contributed by atoms with Gasteiger partial charge >= 0.3 is 6.18 Å². The maximum absolute atomic E-state index is 12.6. The van der Waals surface area contributed by atoms with Crippen LogP contribution in [0, 0.1) is 5.92 Å². The molecule has 1 aliphatic rings. The minimum absolute atomic E-state index is 0.0423. The fraction of sp³-hybridized carbons (Fsp3) is 1.00. The van der Waals surface area contributed by atoms with E-state index >= 15 is 0 Å². The van der Waals surface area contributed by atoms with Gasteiger partial charge in [0.2, 0.25) is 0 Å². The van der Waals surface area contributed by atoms with Crippen molar-refractivity contribution in [2.24, 2.45) is 5.92 Å². The van der Waals surface area contributed by atoms with Gasteiger partial charge in [-0.05, 0) is 32.9 Å². The van der Waals surface area contributed by atoms with E-state index in [2.05, 4.69) is 17.1 Å². The zero-order valence-electron chi connectivity index (χ0n) is 10.7. The number of nitrogens with one attached hydrogen (secondary N) is 1. The molecule has 1 N–H and O–H groups in total. The summed E-state index contributed by atoms with van der Waals surface area (Å²) in [6.07, 6.45) is -1.90. The van der Waals surface area contributed by atoms with Crippen molar-refractivity contribution in [3.63, 3.8) is 0 Å².